The fraction of sp³-hybridized carbons (Fsp3) is 0.769. The third-order valence-corrected chi connectivity index (χ3v) is 3.22. The number of anilines is 1. The van der Waals surface area contributed by atoms with Gasteiger partial charge in [-0.2, -0.15) is 0 Å². The smallest absolute Gasteiger partial charge is 0.145 e. The van der Waals surface area contributed by atoms with Crippen LogP contribution in [-0.2, 0) is 6.42 Å². The van der Waals surface area contributed by atoms with E-state index in [0.29, 0.717) is 5.82 Å². The molecule has 1 aromatic rings. The molecule has 4 N–H and O–H groups in total. The maximum Gasteiger partial charge on any atom is 0.145 e. The van der Waals surface area contributed by atoms with E-state index in [9.17, 15) is 0 Å². The van der Waals surface area contributed by atoms with Crippen LogP contribution in [0.5, 0.6) is 0 Å². The first kappa shape index (κ1) is 13.9. The molecule has 4 nitrogen and oxygen atoms in total. The van der Waals surface area contributed by atoms with E-state index in [0.717, 1.165) is 24.4 Å². The van der Waals surface area contributed by atoms with E-state index >= 15 is 0 Å². The van der Waals surface area contributed by atoms with Crippen LogP contribution in [-0.4, -0.2) is 9.66 Å². The first-order chi connectivity index (χ1) is 8.16. The Bertz CT molecular complexity index is 330. The van der Waals surface area contributed by atoms with Gasteiger partial charge in [-0.1, -0.05) is 45.4 Å². The SMILES string of the molecule is CCCCCCCCCc1nc(C)n(N)c1N. The molecule has 1 rings (SSSR count). The van der Waals surface area contributed by atoms with E-state index in [2.05, 4.69) is 11.9 Å². The molecule has 0 aliphatic heterocycles. The highest BCUT2D eigenvalue weighted by Crippen LogP contribution is 2.15. The molecule has 17 heavy (non-hydrogen) atoms. The van der Waals surface area contributed by atoms with E-state index in [4.69, 9.17) is 11.6 Å². The number of hydrogen-bond acceptors (Lipinski definition) is 3. The highest BCUT2D eigenvalue weighted by Gasteiger charge is 2.08. The number of unbranched alkanes of at least 4 members (excludes halogenated alkanes) is 6. The van der Waals surface area contributed by atoms with Crippen molar-refractivity contribution in [2.24, 2.45) is 0 Å². The Hall–Kier alpha value is -1.19. The highest BCUT2D eigenvalue weighted by atomic mass is 15.4. The third kappa shape index (κ3) is 4.29. The van der Waals surface area contributed by atoms with Gasteiger partial charge in [0.1, 0.15) is 11.6 Å². The van der Waals surface area contributed by atoms with Crippen molar-refractivity contribution in [2.75, 3.05) is 11.6 Å². The topological polar surface area (TPSA) is 69.9 Å². The summed E-state index contributed by atoms with van der Waals surface area (Å²) >= 11 is 0. The minimum atomic E-state index is 0.619. The lowest BCUT2D eigenvalue weighted by Crippen LogP contribution is -2.13. The van der Waals surface area contributed by atoms with Gasteiger partial charge in [-0.3, -0.25) is 0 Å². The van der Waals surface area contributed by atoms with Crippen LogP contribution in [0.4, 0.5) is 5.82 Å². The van der Waals surface area contributed by atoms with Crippen LogP contribution >= 0.6 is 0 Å². The van der Waals surface area contributed by atoms with Gasteiger partial charge in [-0.25, -0.2) is 9.66 Å². The Labute approximate surface area is 104 Å². The van der Waals surface area contributed by atoms with Crippen molar-refractivity contribution in [1.82, 2.24) is 9.66 Å². The van der Waals surface area contributed by atoms with Crippen LogP contribution < -0.4 is 11.6 Å². The molecule has 0 atom stereocenters. The monoisotopic (exact) mass is 238 g/mol. The quantitative estimate of drug-likeness (QED) is 0.540. The molecular formula is C13H26N4. The number of nitrogen functional groups attached to an aromatic ring is 2. The van der Waals surface area contributed by atoms with Gasteiger partial charge in [-0.05, 0) is 19.8 Å². The van der Waals surface area contributed by atoms with Crippen molar-refractivity contribution in [3.05, 3.63) is 11.5 Å². The van der Waals surface area contributed by atoms with Crippen LogP contribution in [0.25, 0.3) is 0 Å². The van der Waals surface area contributed by atoms with Gasteiger partial charge < -0.3 is 11.6 Å². The first-order valence-corrected chi connectivity index (χ1v) is 6.75. The zero-order valence-corrected chi connectivity index (χ0v) is 11.2. The van der Waals surface area contributed by atoms with Crippen molar-refractivity contribution >= 4 is 5.82 Å². The minimum Gasteiger partial charge on any atom is -0.382 e. The maximum atomic E-state index is 5.86. The van der Waals surface area contributed by atoms with E-state index < -0.39 is 0 Å². The molecule has 0 aliphatic rings. The maximum absolute atomic E-state index is 5.86. The number of aryl methyl sites for hydroxylation is 2. The standard InChI is InChI=1S/C13H26N4/c1-3-4-5-6-7-8-9-10-12-13(14)17(15)11(2)16-12/h3-10,14-15H2,1-2H3. The Kier molecular flexibility index (Phi) is 5.87. The molecule has 0 radical (unpaired) electrons. The molecule has 0 bridgehead atoms. The van der Waals surface area contributed by atoms with Gasteiger partial charge in [0.15, 0.2) is 0 Å². The molecule has 1 heterocycles. The van der Waals surface area contributed by atoms with Crippen LogP contribution in [0.2, 0.25) is 0 Å². The van der Waals surface area contributed by atoms with Gasteiger partial charge in [0.05, 0.1) is 5.69 Å². The average Bonchev–Trinajstić information content (AvgIpc) is 2.56. The largest absolute Gasteiger partial charge is 0.382 e. The zero-order valence-electron chi connectivity index (χ0n) is 11.2. The summed E-state index contributed by atoms with van der Waals surface area (Å²) in [4.78, 5) is 4.37. The van der Waals surface area contributed by atoms with Gasteiger partial charge in [0.2, 0.25) is 0 Å². The van der Waals surface area contributed by atoms with E-state index in [1.165, 1.54) is 43.2 Å². The van der Waals surface area contributed by atoms with E-state index in [1.807, 2.05) is 6.92 Å². The number of nitrogens with zero attached hydrogens (tertiary/aromatic N) is 2. The molecule has 1 aromatic heterocycles. The molecule has 0 amide bonds. The summed E-state index contributed by atoms with van der Waals surface area (Å²) in [5.41, 5.74) is 6.82. The van der Waals surface area contributed by atoms with E-state index in [-0.39, 0.29) is 0 Å². The van der Waals surface area contributed by atoms with Crippen molar-refractivity contribution in [1.29, 1.82) is 0 Å². The van der Waals surface area contributed by atoms with Crippen LogP contribution in [0.1, 0.15) is 63.4 Å². The number of imidazole rings is 1. The minimum absolute atomic E-state index is 0.619. The van der Waals surface area contributed by atoms with Gasteiger partial charge in [-0.15, -0.1) is 0 Å². The second-order valence-electron chi connectivity index (χ2n) is 4.73. The Morgan fingerprint density at radius 1 is 1.06 bits per heavy atom. The Morgan fingerprint density at radius 3 is 2.18 bits per heavy atom. The summed E-state index contributed by atoms with van der Waals surface area (Å²) in [5.74, 6) is 7.13. The summed E-state index contributed by atoms with van der Waals surface area (Å²) in [6, 6.07) is 0. The normalized spacial score (nSPS) is 10.9. The Balaban J connectivity index is 2.16. The molecule has 0 aliphatic carbocycles. The van der Waals surface area contributed by atoms with Gasteiger partial charge in [0.25, 0.3) is 0 Å². The fourth-order valence-electron chi connectivity index (χ4n) is 2.05. The Morgan fingerprint density at radius 2 is 1.65 bits per heavy atom. The molecular weight excluding hydrogens is 212 g/mol. The summed E-state index contributed by atoms with van der Waals surface area (Å²) in [5, 5.41) is 0. The van der Waals surface area contributed by atoms with Crippen LogP contribution in [0.15, 0.2) is 0 Å². The van der Waals surface area contributed by atoms with Crippen molar-refractivity contribution < 1.29 is 0 Å². The molecule has 0 fully saturated rings. The number of hydrogen-bond donors (Lipinski definition) is 2. The van der Waals surface area contributed by atoms with Crippen LogP contribution in [0.3, 0.4) is 0 Å². The van der Waals surface area contributed by atoms with Crippen molar-refractivity contribution in [3.63, 3.8) is 0 Å². The van der Waals surface area contributed by atoms with Crippen molar-refractivity contribution in [3.8, 4) is 0 Å². The van der Waals surface area contributed by atoms with Crippen molar-refractivity contribution in [2.45, 2.75) is 65.2 Å². The number of aromatic nitrogens is 2. The molecule has 98 valence electrons. The average molecular weight is 238 g/mol. The number of rotatable bonds is 8. The lowest BCUT2D eigenvalue weighted by Gasteiger charge is -2.01. The summed E-state index contributed by atoms with van der Waals surface area (Å²) in [7, 11) is 0. The van der Waals surface area contributed by atoms with Gasteiger partial charge in [0, 0.05) is 0 Å². The molecule has 0 spiro atoms. The molecule has 0 saturated carbocycles. The number of nitrogens with two attached hydrogens (primary N) is 2. The molecule has 0 saturated heterocycles. The zero-order chi connectivity index (χ0) is 12.7. The highest BCUT2D eigenvalue weighted by molar-refractivity contribution is 5.38. The lowest BCUT2D eigenvalue weighted by atomic mass is 10.1. The predicted molar refractivity (Wildman–Crippen MR) is 73.2 cm³/mol. The second kappa shape index (κ2) is 7.20. The van der Waals surface area contributed by atoms with Gasteiger partial charge >= 0.3 is 0 Å². The molecule has 0 aromatic carbocycles. The first-order valence-electron chi connectivity index (χ1n) is 6.75. The molecule has 0 unspecified atom stereocenters. The predicted octanol–water partition coefficient (Wildman–Crippen LogP) is 2.78. The summed E-state index contributed by atoms with van der Waals surface area (Å²) in [6.07, 6.45) is 10.1. The third-order valence-electron chi connectivity index (χ3n) is 3.22. The summed E-state index contributed by atoms with van der Waals surface area (Å²) in [6.45, 7) is 4.12. The van der Waals surface area contributed by atoms with Crippen LogP contribution in [0, 0.1) is 6.92 Å². The van der Waals surface area contributed by atoms with E-state index in [1.54, 1.807) is 0 Å². The molecule has 4 heteroatoms. The fourth-order valence-corrected chi connectivity index (χ4v) is 2.05. The second-order valence-corrected chi connectivity index (χ2v) is 4.73. The lowest BCUT2D eigenvalue weighted by molar-refractivity contribution is 0.588. The summed E-state index contributed by atoms with van der Waals surface area (Å²) < 4.78 is 1.47.